The number of halogens is 1. The van der Waals surface area contributed by atoms with Crippen LogP contribution in [0.3, 0.4) is 0 Å². The van der Waals surface area contributed by atoms with E-state index in [9.17, 15) is 17.6 Å². The molecule has 1 aliphatic carbocycles. The molecule has 1 N–H and O–H groups in total. The number of carbonyl (C=O) groups excluding carboxylic acids is 1. The van der Waals surface area contributed by atoms with Crippen molar-refractivity contribution in [3.63, 3.8) is 0 Å². The molecule has 1 fully saturated rings. The molecule has 1 aromatic heterocycles. The van der Waals surface area contributed by atoms with Gasteiger partial charge in [0.15, 0.2) is 0 Å². The number of aryl methyl sites for hydroxylation is 2. The second-order valence-electron chi connectivity index (χ2n) is 8.55. The molecular weight excluding hydrogens is 429 g/mol. The fourth-order valence-electron chi connectivity index (χ4n) is 4.81. The van der Waals surface area contributed by atoms with Crippen LogP contribution in [-0.4, -0.2) is 54.7 Å². The summed E-state index contributed by atoms with van der Waals surface area (Å²) in [5.41, 5.74) is 4.32. The second kappa shape index (κ2) is 8.33. The number of fused-ring (bicyclic) bond motifs is 3. The SMILES string of the molecule is O=C(c1ccc2[nH]c3c(c2c1)CCCC3)N1CCCN(S(=O)(=O)c2ccc(F)cc2)CC1. The van der Waals surface area contributed by atoms with Crippen LogP contribution in [0.5, 0.6) is 0 Å². The first-order chi connectivity index (χ1) is 15.4. The first-order valence-electron chi connectivity index (χ1n) is 11.1. The van der Waals surface area contributed by atoms with Gasteiger partial charge >= 0.3 is 0 Å². The van der Waals surface area contributed by atoms with E-state index in [2.05, 4.69) is 4.98 Å². The number of nitrogens with zero attached hydrogens (tertiary/aromatic N) is 2. The minimum absolute atomic E-state index is 0.0707. The summed E-state index contributed by atoms with van der Waals surface area (Å²) in [4.78, 5) is 18.6. The summed E-state index contributed by atoms with van der Waals surface area (Å²) in [6, 6.07) is 10.7. The number of carbonyl (C=O) groups is 1. The van der Waals surface area contributed by atoms with Gasteiger partial charge in [-0.3, -0.25) is 4.79 Å². The number of benzene rings is 2. The van der Waals surface area contributed by atoms with E-state index in [1.165, 1.54) is 40.5 Å². The molecule has 168 valence electrons. The second-order valence-corrected chi connectivity index (χ2v) is 10.5. The zero-order valence-electron chi connectivity index (χ0n) is 17.8. The smallest absolute Gasteiger partial charge is 0.253 e. The molecule has 0 bridgehead atoms. The minimum Gasteiger partial charge on any atom is -0.358 e. The van der Waals surface area contributed by atoms with Crippen molar-refractivity contribution in [3.8, 4) is 0 Å². The highest BCUT2D eigenvalue weighted by atomic mass is 32.2. The Balaban J connectivity index is 1.34. The molecule has 32 heavy (non-hydrogen) atoms. The summed E-state index contributed by atoms with van der Waals surface area (Å²) in [5, 5.41) is 1.13. The van der Waals surface area contributed by atoms with E-state index in [0.717, 1.165) is 35.9 Å². The van der Waals surface area contributed by atoms with Gasteiger partial charge in [-0.05, 0) is 80.1 Å². The average molecular weight is 456 g/mol. The normalized spacial score (nSPS) is 17.8. The van der Waals surface area contributed by atoms with Gasteiger partial charge < -0.3 is 9.88 Å². The van der Waals surface area contributed by atoms with Gasteiger partial charge in [-0.15, -0.1) is 0 Å². The van der Waals surface area contributed by atoms with E-state index in [4.69, 9.17) is 0 Å². The van der Waals surface area contributed by atoms with Crippen LogP contribution in [0, 0.1) is 5.82 Å². The molecule has 0 atom stereocenters. The predicted octanol–water partition coefficient (Wildman–Crippen LogP) is 3.72. The van der Waals surface area contributed by atoms with Crippen LogP contribution in [0.4, 0.5) is 4.39 Å². The fraction of sp³-hybridized carbons (Fsp3) is 0.375. The number of hydrogen-bond acceptors (Lipinski definition) is 3. The predicted molar refractivity (Wildman–Crippen MR) is 121 cm³/mol. The lowest BCUT2D eigenvalue weighted by Gasteiger charge is -2.22. The van der Waals surface area contributed by atoms with E-state index in [0.29, 0.717) is 31.6 Å². The van der Waals surface area contributed by atoms with Crippen LogP contribution in [-0.2, 0) is 22.9 Å². The van der Waals surface area contributed by atoms with Crippen molar-refractivity contribution in [2.45, 2.75) is 37.0 Å². The Morgan fingerprint density at radius 2 is 1.69 bits per heavy atom. The van der Waals surface area contributed by atoms with Crippen LogP contribution >= 0.6 is 0 Å². The number of amides is 1. The number of rotatable bonds is 3. The summed E-state index contributed by atoms with van der Waals surface area (Å²) in [7, 11) is -3.72. The molecule has 0 spiro atoms. The molecule has 0 unspecified atom stereocenters. The lowest BCUT2D eigenvalue weighted by molar-refractivity contribution is 0.0764. The number of sulfonamides is 1. The summed E-state index contributed by atoms with van der Waals surface area (Å²) in [5.74, 6) is -0.545. The van der Waals surface area contributed by atoms with Gasteiger partial charge in [-0.25, -0.2) is 12.8 Å². The standard InChI is InChI=1S/C24H26FN3O3S/c25-18-7-9-19(10-8-18)32(30,31)28-13-3-12-27(14-15-28)24(29)17-6-11-23-21(16-17)20-4-1-2-5-22(20)26-23/h6-11,16,26H,1-5,12-15H2. The van der Waals surface area contributed by atoms with Crippen molar-refractivity contribution in [2.24, 2.45) is 0 Å². The maximum Gasteiger partial charge on any atom is 0.253 e. The Hall–Kier alpha value is -2.71. The summed E-state index contributed by atoms with van der Waals surface area (Å²) in [6.45, 7) is 1.36. The average Bonchev–Trinajstić information content (AvgIpc) is 2.98. The van der Waals surface area contributed by atoms with Crippen molar-refractivity contribution >= 4 is 26.8 Å². The van der Waals surface area contributed by atoms with Gasteiger partial charge in [0.05, 0.1) is 4.90 Å². The molecule has 0 saturated carbocycles. The highest BCUT2D eigenvalue weighted by Crippen LogP contribution is 2.30. The Bertz CT molecular complexity index is 1270. The zero-order valence-corrected chi connectivity index (χ0v) is 18.6. The number of hydrogen-bond donors (Lipinski definition) is 1. The van der Waals surface area contributed by atoms with Crippen LogP contribution in [0.25, 0.3) is 10.9 Å². The van der Waals surface area contributed by atoms with E-state index < -0.39 is 15.8 Å². The zero-order chi connectivity index (χ0) is 22.3. The molecule has 8 heteroatoms. The first-order valence-corrected chi connectivity index (χ1v) is 12.6. The van der Waals surface area contributed by atoms with Crippen molar-refractivity contribution in [1.29, 1.82) is 0 Å². The largest absolute Gasteiger partial charge is 0.358 e. The number of aromatic amines is 1. The van der Waals surface area contributed by atoms with Crippen molar-refractivity contribution in [2.75, 3.05) is 26.2 Å². The number of H-pyrrole nitrogens is 1. The van der Waals surface area contributed by atoms with Gasteiger partial charge in [0.1, 0.15) is 5.82 Å². The Morgan fingerprint density at radius 3 is 2.50 bits per heavy atom. The third kappa shape index (κ3) is 3.82. The quantitative estimate of drug-likeness (QED) is 0.654. The lowest BCUT2D eigenvalue weighted by Crippen LogP contribution is -2.37. The number of aromatic nitrogens is 1. The molecule has 1 saturated heterocycles. The lowest BCUT2D eigenvalue weighted by atomic mass is 9.95. The monoisotopic (exact) mass is 455 g/mol. The minimum atomic E-state index is -3.72. The topological polar surface area (TPSA) is 73.5 Å². The molecular formula is C24H26FN3O3S. The molecule has 6 nitrogen and oxygen atoms in total. The first kappa shape index (κ1) is 21.2. The summed E-state index contributed by atoms with van der Waals surface area (Å²) < 4.78 is 40.5. The molecule has 0 radical (unpaired) electrons. The van der Waals surface area contributed by atoms with Crippen molar-refractivity contribution < 1.29 is 17.6 Å². The maximum absolute atomic E-state index is 13.3. The highest BCUT2D eigenvalue weighted by Gasteiger charge is 2.29. The molecule has 1 amide bonds. The van der Waals surface area contributed by atoms with Gasteiger partial charge in [-0.2, -0.15) is 4.31 Å². The van der Waals surface area contributed by atoms with Crippen LogP contribution in [0.15, 0.2) is 47.4 Å². The fourth-order valence-corrected chi connectivity index (χ4v) is 6.28. The van der Waals surface area contributed by atoms with Crippen LogP contribution in [0.1, 0.15) is 40.9 Å². The van der Waals surface area contributed by atoms with Crippen molar-refractivity contribution in [3.05, 3.63) is 65.1 Å². The summed E-state index contributed by atoms with van der Waals surface area (Å²) >= 11 is 0. The van der Waals surface area contributed by atoms with Crippen LogP contribution in [0.2, 0.25) is 0 Å². The van der Waals surface area contributed by atoms with Gasteiger partial charge in [-0.1, -0.05) is 0 Å². The van der Waals surface area contributed by atoms with E-state index in [-0.39, 0.29) is 17.3 Å². The van der Waals surface area contributed by atoms with E-state index in [1.807, 2.05) is 18.2 Å². The molecule has 2 aliphatic rings. The molecule has 5 rings (SSSR count). The molecule has 2 aromatic carbocycles. The Morgan fingerprint density at radius 1 is 0.906 bits per heavy atom. The van der Waals surface area contributed by atoms with E-state index >= 15 is 0 Å². The van der Waals surface area contributed by atoms with Gasteiger partial charge in [0.2, 0.25) is 10.0 Å². The third-order valence-electron chi connectivity index (χ3n) is 6.54. The third-order valence-corrected chi connectivity index (χ3v) is 8.45. The molecule has 1 aliphatic heterocycles. The van der Waals surface area contributed by atoms with Gasteiger partial charge in [0, 0.05) is 48.3 Å². The van der Waals surface area contributed by atoms with Gasteiger partial charge in [0.25, 0.3) is 5.91 Å². The van der Waals surface area contributed by atoms with Crippen molar-refractivity contribution in [1.82, 2.24) is 14.2 Å². The molecule has 2 heterocycles. The highest BCUT2D eigenvalue weighted by molar-refractivity contribution is 7.89. The maximum atomic E-state index is 13.3. The molecule has 3 aromatic rings. The Kier molecular flexibility index (Phi) is 5.51. The summed E-state index contributed by atoms with van der Waals surface area (Å²) in [6.07, 6.45) is 5.00. The Labute approximate surface area is 187 Å². The van der Waals surface area contributed by atoms with E-state index in [1.54, 1.807) is 4.90 Å². The number of nitrogens with one attached hydrogen (secondary N) is 1. The van der Waals surface area contributed by atoms with Crippen LogP contribution < -0.4 is 0 Å².